The van der Waals surface area contributed by atoms with Crippen molar-refractivity contribution in [2.45, 2.75) is 47.5 Å². The van der Waals surface area contributed by atoms with Gasteiger partial charge in [0.05, 0.1) is 31.0 Å². The van der Waals surface area contributed by atoms with Crippen LogP contribution >= 0.6 is 11.8 Å². The molecule has 1 aliphatic carbocycles. The van der Waals surface area contributed by atoms with Crippen molar-refractivity contribution in [3.8, 4) is 11.4 Å². The van der Waals surface area contributed by atoms with Crippen LogP contribution in [0.2, 0.25) is 0 Å². The number of hydrogen-bond donors (Lipinski definition) is 0. The summed E-state index contributed by atoms with van der Waals surface area (Å²) in [7, 11) is -2.32. The Morgan fingerprint density at radius 3 is 2.67 bits per heavy atom. The molecule has 0 atom stereocenters. The summed E-state index contributed by atoms with van der Waals surface area (Å²) < 4.78 is 45.7. The van der Waals surface area contributed by atoms with Crippen LogP contribution in [-0.2, 0) is 25.2 Å². The second-order valence-corrected chi connectivity index (χ2v) is 11.6. The molecule has 0 amide bonds. The van der Waals surface area contributed by atoms with Crippen molar-refractivity contribution in [1.82, 2.24) is 19.1 Å². The Balaban J connectivity index is 1.43. The van der Waals surface area contributed by atoms with E-state index in [1.165, 1.54) is 23.2 Å². The molecule has 1 saturated heterocycles. The number of benzene rings is 1. The summed E-state index contributed by atoms with van der Waals surface area (Å²) in [4.78, 5) is 11.9. The number of aromatic nitrogens is 3. The first-order valence-corrected chi connectivity index (χ1v) is 14.3. The van der Waals surface area contributed by atoms with Gasteiger partial charge in [-0.3, -0.25) is 4.57 Å². The Labute approximate surface area is 214 Å². The number of sulfonamides is 1. The molecule has 1 saturated carbocycles. The van der Waals surface area contributed by atoms with E-state index in [0.29, 0.717) is 49.2 Å². The number of carbonyl (C=O) groups excluding carboxylic acids is 1. The summed E-state index contributed by atoms with van der Waals surface area (Å²) in [5.74, 6) is 1.38. The van der Waals surface area contributed by atoms with Crippen LogP contribution in [0.1, 0.15) is 48.0 Å². The van der Waals surface area contributed by atoms with Crippen LogP contribution in [0.3, 0.4) is 0 Å². The molecular weight excluding hydrogens is 504 g/mol. The first-order valence-electron chi connectivity index (χ1n) is 11.9. The third-order valence-corrected chi connectivity index (χ3v) is 9.31. The quantitative estimate of drug-likeness (QED) is 0.316. The van der Waals surface area contributed by atoms with Crippen molar-refractivity contribution in [2.24, 2.45) is 0 Å². The summed E-state index contributed by atoms with van der Waals surface area (Å²) in [5.41, 5.74) is 0.710. The zero-order valence-electron chi connectivity index (χ0n) is 20.0. The lowest BCUT2D eigenvalue weighted by Crippen LogP contribution is -2.40. The topological polar surface area (TPSA) is 117 Å². The van der Waals surface area contributed by atoms with Gasteiger partial charge in [-0.2, -0.15) is 4.31 Å². The standard InChI is InChI=1S/C24H28N4O6S2/c1-32-23(29)21-10-9-19(34-21)16-35-24-26-25-22(28(24)18-6-2-3-7-18)17-5-4-8-20(15-17)36(30,31)27-11-13-33-14-12-27/h4-5,8-10,15,18H,2-3,6-7,11-14,16H2,1H3. The van der Waals surface area contributed by atoms with Gasteiger partial charge in [-0.05, 0) is 37.1 Å². The van der Waals surface area contributed by atoms with Crippen LogP contribution in [0, 0.1) is 0 Å². The number of morpholine rings is 1. The van der Waals surface area contributed by atoms with E-state index in [9.17, 15) is 13.2 Å². The maximum atomic E-state index is 13.2. The summed E-state index contributed by atoms with van der Waals surface area (Å²) in [6.45, 7) is 1.48. The summed E-state index contributed by atoms with van der Waals surface area (Å²) >= 11 is 1.47. The lowest BCUT2D eigenvalue weighted by molar-refractivity contribution is 0.0563. The second kappa shape index (κ2) is 10.8. The highest BCUT2D eigenvalue weighted by Gasteiger charge is 2.29. The first kappa shape index (κ1) is 25.0. The highest BCUT2D eigenvalue weighted by molar-refractivity contribution is 7.98. The number of hydrogen-bond acceptors (Lipinski definition) is 9. The predicted octanol–water partition coefficient (Wildman–Crippen LogP) is 3.75. The molecule has 2 fully saturated rings. The van der Waals surface area contributed by atoms with Crippen LogP contribution in [0.25, 0.3) is 11.4 Å². The lowest BCUT2D eigenvalue weighted by Gasteiger charge is -2.26. The fourth-order valence-corrected chi connectivity index (χ4v) is 6.95. The molecule has 0 radical (unpaired) electrons. The smallest absolute Gasteiger partial charge is 0.373 e. The van der Waals surface area contributed by atoms with Gasteiger partial charge in [0.1, 0.15) is 5.76 Å². The third kappa shape index (κ3) is 5.08. The van der Waals surface area contributed by atoms with Crippen molar-refractivity contribution in [2.75, 3.05) is 33.4 Å². The van der Waals surface area contributed by atoms with Crippen LogP contribution in [0.4, 0.5) is 0 Å². The van der Waals surface area contributed by atoms with E-state index >= 15 is 0 Å². The number of nitrogens with zero attached hydrogens (tertiary/aromatic N) is 4. The number of ether oxygens (including phenoxy) is 2. The molecule has 0 spiro atoms. The van der Waals surface area contributed by atoms with E-state index in [1.807, 2.05) is 6.07 Å². The lowest BCUT2D eigenvalue weighted by atomic mass is 10.2. The van der Waals surface area contributed by atoms with Crippen molar-refractivity contribution in [3.63, 3.8) is 0 Å². The Hall–Kier alpha value is -2.67. The van der Waals surface area contributed by atoms with Gasteiger partial charge in [-0.1, -0.05) is 36.7 Å². The Morgan fingerprint density at radius 2 is 1.92 bits per heavy atom. The fourth-order valence-electron chi connectivity index (χ4n) is 4.60. The molecule has 0 unspecified atom stereocenters. The first-order chi connectivity index (χ1) is 17.5. The Morgan fingerprint density at radius 1 is 1.14 bits per heavy atom. The molecule has 3 aromatic rings. The normalized spacial score (nSPS) is 17.5. The van der Waals surface area contributed by atoms with Gasteiger partial charge in [0.15, 0.2) is 11.0 Å². The molecule has 5 rings (SSSR count). The predicted molar refractivity (Wildman–Crippen MR) is 132 cm³/mol. The molecule has 192 valence electrons. The zero-order valence-corrected chi connectivity index (χ0v) is 21.6. The van der Waals surface area contributed by atoms with E-state index in [1.54, 1.807) is 30.3 Å². The van der Waals surface area contributed by atoms with E-state index in [2.05, 4.69) is 14.8 Å². The number of carbonyl (C=O) groups is 1. The molecule has 10 nitrogen and oxygen atoms in total. The van der Waals surface area contributed by atoms with Gasteiger partial charge >= 0.3 is 5.97 Å². The molecule has 1 aliphatic heterocycles. The van der Waals surface area contributed by atoms with Gasteiger partial charge in [0.2, 0.25) is 15.8 Å². The van der Waals surface area contributed by atoms with Gasteiger partial charge < -0.3 is 13.9 Å². The zero-order chi connectivity index (χ0) is 25.1. The largest absolute Gasteiger partial charge is 0.463 e. The molecule has 3 heterocycles. The van der Waals surface area contributed by atoms with Gasteiger partial charge in [0.25, 0.3) is 0 Å². The molecule has 12 heteroatoms. The van der Waals surface area contributed by atoms with Crippen molar-refractivity contribution < 1.29 is 27.1 Å². The summed E-state index contributed by atoms with van der Waals surface area (Å²) in [6, 6.07) is 10.5. The van der Waals surface area contributed by atoms with Crippen molar-refractivity contribution in [3.05, 3.63) is 47.9 Å². The molecular formula is C24H28N4O6S2. The van der Waals surface area contributed by atoms with Gasteiger partial charge in [0, 0.05) is 24.7 Å². The molecule has 0 bridgehead atoms. The Kier molecular flexibility index (Phi) is 7.47. The number of rotatable bonds is 8. The third-order valence-electron chi connectivity index (χ3n) is 6.45. The Bertz CT molecular complexity index is 1320. The van der Waals surface area contributed by atoms with Crippen LogP contribution in [-0.4, -0.2) is 66.9 Å². The van der Waals surface area contributed by atoms with Gasteiger partial charge in [-0.25, -0.2) is 13.2 Å². The minimum absolute atomic E-state index is 0.157. The molecule has 0 N–H and O–H groups in total. The monoisotopic (exact) mass is 532 g/mol. The average molecular weight is 533 g/mol. The maximum Gasteiger partial charge on any atom is 0.373 e. The fraction of sp³-hybridized carbons (Fsp3) is 0.458. The molecule has 36 heavy (non-hydrogen) atoms. The maximum absolute atomic E-state index is 13.2. The second-order valence-electron chi connectivity index (χ2n) is 8.70. The number of thioether (sulfide) groups is 1. The van der Waals surface area contributed by atoms with Crippen molar-refractivity contribution in [1.29, 1.82) is 0 Å². The van der Waals surface area contributed by atoms with E-state index in [4.69, 9.17) is 13.9 Å². The molecule has 2 aliphatic rings. The molecule has 2 aromatic heterocycles. The van der Waals surface area contributed by atoms with Crippen LogP contribution < -0.4 is 0 Å². The molecule has 1 aromatic carbocycles. The number of methoxy groups -OCH3 is 1. The summed E-state index contributed by atoms with van der Waals surface area (Å²) in [5, 5.41) is 9.67. The number of furan rings is 1. The highest BCUT2D eigenvalue weighted by Crippen LogP contribution is 2.38. The van der Waals surface area contributed by atoms with E-state index < -0.39 is 16.0 Å². The van der Waals surface area contributed by atoms with Crippen LogP contribution in [0.5, 0.6) is 0 Å². The van der Waals surface area contributed by atoms with Crippen LogP contribution in [0.15, 0.2) is 50.9 Å². The van der Waals surface area contributed by atoms with E-state index in [0.717, 1.165) is 30.8 Å². The average Bonchev–Trinajstić information content (AvgIpc) is 3.68. The van der Waals surface area contributed by atoms with Crippen molar-refractivity contribution >= 4 is 27.8 Å². The number of esters is 1. The minimum Gasteiger partial charge on any atom is -0.463 e. The minimum atomic E-state index is -3.63. The highest BCUT2D eigenvalue weighted by atomic mass is 32.2. The van der Waals surface area contributed by atoms with Gasteiger partial charge in [-0.15, -0.1) is 10.2 Å². The summed E-state index contributed by atoms with van der Waals surface area (Å²) in [6.07, 6.45) is 4.27. The van der Waals surface area contributed by atoms with E-state index in [-0.39, 0.29) is 16.7 Å². The SMILES string of the molecule is COC(=O)c1ccc(CSc2nnc(-c3cccc(S(=O)(=O)N4CCOCC4)c3)n2C2CCCC2)o1.